The van der Waals surface area contributed by atoms with E-state index < -0.39 is 11.5 Å². The minimum absolute atomic E-state index is 0.357. The molecular formula is C12H24N2O2. The maximum Gasteiger partial charge on any atom is 0.323 e. The molecule has 2 unspecified atom stereocenters. The van der Waals surface area contributed by atoms with Gasteiger partial charge in [0.2, 0.25) is 0 Å². The van der Waals surface area contributed by atoms with Crippen LogP contribution in [0.2, 0.25) is 0 Å². The molecule has 0 spiro atoms. The van der Waals surface area contributed by atoms with Crippen molar-refractivity contribution < 1.29 is 9.90 Å². The van der Waals surface area contributed by atoms with Gasteiger partial charge in [-0.2, -0.15) is 0 Å². The van der Waals surface area contributed by atoms with E-state index in [9.17, 15) is 9.90 Å². The standard InChI is InChI=1S/C12H24N2O2/c1-6-14(12(3,4)11(15)16)10-7-9(2)13(5)8-10/h9-10H,6-8H2,1-5H3,(H,15,16). The van der Waals surface area contributed by atoms with E-state index in [2.05, 4.69) is 23.8 Å². The summed E-state index contributed by atoms with van der Waals surface area (Å²) in [6.07, 6.45) is 1.06. The van der Waals surface area contributed by atoms with Crippen molar-refractivity contribution in [1.82, 2.24) is 9.80 Å². The van der Waals surface area contributed by atoms with Crippen LogP contribution in [0.25, 0.3) is 0 Å². The van der Waals surface area contributed by atoms with Crippen molar-refractivity contribution >= 4 is 5.97 Å². The Morgan fingerprint density at radius 2 is 2.12 bits per heavy atom. The summed E-state index contributed by atoms with van der Waals surface area (Å²) >= 11 is 0. The van der Waals surface area contributed by atoms with Crippen LogP contribution < -0.4 is 0 Å². The molecule has 0 aromatic rings. The molecule has 0 saturated carbocycles. The molecule has 2 atom stereocenters. The third kappa shape index (κ3) is 2.38. The average molecular weight is 228 g/mol. The number of aliphatic carboxylic acids is 1. The monoisotopic (exact) mass is 228 g/mol. The number of hydrogen-bond acceptors (Lipinski definition) is 3. The largest absolute Gasteiger partial charge is 0.480 e. The fourth-order valence-electron chi connectivity index (χ4n) is 2.62. The highest BCUT2D eigenvalue weighted by molar-refractivity contribution is 5.77. The van der Waals surface area contributed by atoms with Gasteiger partial charge in [0.15, 0.2) is 0 Å². The number of carboxylic acid groups (broad SMARTS) is 1. The molecule has 0 aromatic carbocycles. The van der Waals surface area contributed by atoms with Crippen molar-refractivity contribution in [2.24, 2.45) is 0 Å². The zero-order valence-corrected chi connectivity index (χ0v) is 11.0. The summed E-state index contributed by atoms with van der Waals surface area (Å²) in [4.78, 5) is 15.7. The Bertz CT molecular complexity index is 256. The molecule has 0 aromatic heterocycles. The summed E-state index contributed by atoms with van der Waals surface area (Å²) in [6, 6.07) is 0.903. The summed E-state index contributed by atoms with van der Waals surface area (Å²) in [7, 11) is 2.10. The average Bonchev–Trinajstić information content (AvgIpc) is 2.47. The van der Waals surface area contributed by atoms with Gasteiger partial charge in [-0.05, 0) is 40.8 Å². The molecule has 0 amide bonds. The highest BCUT2D eigenvalue weighted by Gasteiger charge is 2.41. The van der Waals surface area contributed by atoms with E-state index in [1.54, 1.807) is 13.8 Å². The summed E-state index contributed by atoms with van der Waals surface area (Å²) in [5.74, 6) is -0.739. The number of carboxylic acids is 1. The first-order valence-corrected chi connectivity index (χ1v) is 6.01. The molecule has 1 fully saturated rings. The van der Waals surface area contributed by atoms with Gasteiger partial charge in [0.1, 0.15) is 5.54 Å². The number of carbonyl (C=O) groups is 1. The van der Waals surface area contributed by atoms with E-state index in [0.717, 1.165) is 19.5 Å². The van der Waals surface area contributed by atoms with Crippen molar-refractivity contribution in [2.75, 3.05) is 20.1 Å². The minimum atomic E-state index is -0.773. The van der Waals surface area contributed by atoms with Gasteiger partial charge in [0.25, 0.3) is 0 Å². The van der Waals surface area contributed by atoms with Crippen LogP contribution in [-0.4, -0.2) is 58.6 Å². The van der Waals surface area contributed by atoms with Crippen molar-refractivity contribution in [2.45, 2.75) is 51.7 Å². The lowest BCUT2D eigenvalue weighted by Crippen LogP contribution is -2.55. The zero-order chi connectivity index (χ0) is 12.5. The third-order valence-corrected chi connectivity index (χ3v) is 3.89. The van der Waals surface area contributed by atoms with Gasteiger partial charge in [0.05, 0.1) is 0 Å². The molecule has 94 valence electrons. The molecular weight excluding hydrogens is 204 g/mol. The molecule has 4 heteroatoms. The number of hydrogen-bond donors (Lipinski definition) is 1. The predicted octanol–water partition coefficient (Wildman–Crippen LogP) is 1.26. The van der Waals surface area contributed by atoms with Crippen LogP contribution in [0.3, 0.4) is 0 Å². The Kier molecular flexibility index (Phi) is 3.97. The number of rotatable bonds is 4. The van der Waals surface area contributed by atoms with Crippen LogP contribution in [0, 0.1) is 0 Å². The maximum absolute atomic E-state index is 11.3. The van der Waals surface area contributed by atoms with Crippen molar-refractivity contribution in [3.8, 4) is 0 Å². The highest BCUT2D eigenvalue weighted by atomic mass is 16.4. The summed E-state index contributed by atoms with van der Waals surface area (Å²) in [5.41, 5.74) is -0.773. The minimum Gasteiger partial charge on any atom is -0.480 e. The third-order valence-electron chi connectivity index (χ3n) is 3.89. The smallest absolute Gasteiger partial charge is 0.323 e. The Morgan fingerprint density at radius 1 is 1.56 bits per heavy atom. The van der Waals surface area contributed by atoms with Crippen LogP contribution in [-0.2, 0) is 4.79 Å². The highest BCUT2D eigenvalue weighted by Crippen LogP contribution is 2.26. The molecule has 1 saturated heterocycles. The lowest BCUT2D eigenvalue weighted by molar-refractivity contribution is -0.150. The normalized spacial score (nSPS) is 27.6. The van der Waals surface area contributed by atoms with Gasteiger partial charge in [-0.1, -0.05) is 6.92 Å². The van der Waals surface area contributed by atoms with Gasteiger partial charge < -0.3 is 10.0 Å². The Hall–Kier alpha value is -0.610. The van der Waals surface area contributed by atoms with Crippen molar-refractivity contribution in [3.05, 3.63) is 0 Å². The van der Waals surface area contributed by atoms with Crippen LogP contribution in [0.4, 0.5) is 0 Å². The zero-order valence-electron chi connectivity index (χ0n) is 11.0. The second kappa shape index (κ2) is 4.72. The number of nitrogens with zero attached hydrogens (tertiary/aromatic N) is 2. The molecule has 1 heterocycles. The van der Waals surface area contributed by atoms with E-state index in [-0.39, 0.29) is 0 Å². The van der Waals surface area contributed by atoms with Gasteiger partial charge in [-0.3, -0.25) is 9.69 Å². The quantitative estimate of drug-likeness (QED) is 0.787. The summed E-state index contributed by atoms with van der Waals surface area (Å²) in [5, 5.41) is 9.28. The topological polar surface area (TPSA) is 43.8 Å². The first-order chi connectivity index (χ1) is 7.30. The molecule has 1 rings (SSSR count). The van der Waals surface area contributed by atoms with E-state index in [4.69, 9.17) is 0 Å². The lowest BCUT2D eigenvalue weighted by Gasteiger charge is -2.38. The Labute approximate surface area is 98.2 Å². The van der Waals surface area contributed by atoms with E-state index in [0.29, 0.717) is 12.1 Å². The lowest BCUT2D eigenvalue weighted by atomic mass is 9.99. The van der Waals surface area contributed by atoms with Gasteiger partial charge >= 0.3 is 5.97 Å². The molecule has 1 aliphatic rings. The molecule has 1 N–H and O–H groups in total. The summed E-state index contributed by atoms with van der Waals surface area (Å²) in [6.45, 7) is 9.56. The van der Waals surface area contributed by atoms with E-state index >= 15 is 0 Å². The molecule has 1 aliphatic heterocycles. The fourth-order valence-corrected chi connectivity index (χ4v) is 2.62. The molecule has 0 aliphatic carbocycles. The Balaban J connectivity index is 2.80. The molecule has 0 bridgehead atoms. The number of likely N-dealkylation sites (N-methyl/N-ethyl adjacent to an activating group) is 2. The fraction of sp³-hybridized carbons (Fsp3) is 0.917. The SMILES string of the molecule is CCN(C1CC(C)N(C)C1)C(C)(C)C(=O)O. The molecule has 4 nitrogen and oxygen atoms in total. The molecule has 16 heavy (non-hydrogen) atoms. The molecule has 0 radical (unpaired) electrons. The van der Waals surface area contributed by atoms with Gasteiger partial charge in [-0.15, -0.1) is 0 Å². The first-order valence-electron chi connectivity index (χ1n) is 6.01. The van der Waals surface area contributed by atoms with Crippen molar-refractivity contribution in [3.63, 3.8) is 0 Å². The number of likely N-dealkylation sites (tertiary alicyclic amines) is 1. The Morgan fingerprint density at radius 3 is 2.44 bits per heavy atom. The maximum atomic E-state index is 11.3. The van der Waals surface area contributed by atoms with Crippen LogP contribution in [0.15, 0.2) is 0 Å². The van der Waals surface area contributed by atoms with Crippen molar-refractivity contribution in [1.29, 1.82) is 0 Å². The van der Waals surface area contributed by atoms with Crippen LogP contribution in [0.1, 0.15) is 34.1 Å². The second-order valence-corrected chi connectivity index (χ2v) is 5.33. The predicted molar refractivity (Wildman–Crippen MR) is 64.6 cm³/mol. The van der Waals surface area contributed by atoms with E-state index in [1.807, 2.05) is 6.92 Å². The van der Waals surface area contributed by atoms with Gasteiger partial charge in [-0.25, -0.2) is 0 Å². The second-order valence-electron chi connectivity index (χ2n) is 5.33. The summed E-state index contributed by atoms with van der Waals surface area (Å²) < 4.78 is 0. The first kappa shape index (κ1) is 13.5. The van der Waals surface area contributed by atoms with Crippen LogP contribution in [0.5, 0.6) is 0 Å². The van der Waals surface area contributed by atoms with Crippen LogP contribution >= 0.6 is 0 Å². The van der Waals surface area contributed by atoms with E-state index in [1.165, 1.54) is 0 Å². The van der Waals surface area contributed by atoms with Gasteiger partial charge in [0, 0.05) is 18.6 Å².